The van der Waals surface area contributed by atoms with Crippen LogP contribution in [0.1, 0.15) is 42.3 Å². The summed E-state index contributed by atoms with van der Waals surface area (Å²) in [5, 5.41) is 2.48. The van der Waals surface area contributed by atoms with E-state index in [4.69, 9.17) is 4.74 Å². The molecule has 1 amide bonds. The summed E-state index contributed by atoms with van der Waals surface area (Å²) in [7, 11) is 1.21. The smallest absolute Gasteiger partial charge is 0.328 e. The average Bonchev–Trinajstić information content (AvgIpc) is 2.59. The normalized spacial score (nSPS) is 12.4. The fourth-order valence-corrected chi connectivity index (χ4v) is 2.64. The van der Waals surface area contributed by atoms with E-state index in [-0.39, 0.29) is 17.4 Å². The summed E-state index contributed by atoms with van der Waals surface area (Å²) in [6.07, 6.45) is 0.195. The third-order valence-corrected chi connectivity index (χ3v) is 4.18. The highest BCUT2D eigenvalue weighted by molar-refractivity contribution is 5.96. The minimum Gasteiger partial charge on any atom is -0.467 e. The van der Waals surface area contributed by atoms with Gasteiger partial charge in [0.25, 0.3) is 5.91 Å². The number of methoxy groups -OCH3 is 1. The summed E-state index contributed by atoms with van der Waals surface area (Å²) in [6, 6.07) is 9.20. The number of hydrogen-bond donors (Lipinski definition) is 1. The Labute approximate surface area is 157 Å². The molecular formula is C21H23F2NO3. The van der Waals surface area contributed by atoms with Crippen LogP contribution in [-0.4, -0.2) is 25.0 Å². The lowest BCUT2D eigenvalue weighted by molar-refractivity contribution is -0.142. The van der Waals surface area contributed by atoms with Gasteiger partial charge in [0.1, 0.15) is 17.7 Å². The van der Waals surface area contributed by atoms with Crippen molar-refractivity contribution in [1.29, 1.82) is 0 Å². The van der Waals surface area contributed by atoms with E-state index < -0.39 is 29.6 Å². The summed E-state index contributed by atoms with van der Waals surface area (Å²) < 4.78 is 31.4. The predicted octanol–water partition coefficient (Wildman–Crippen LogP) is 3.78. The maximum Gasteiger partial charge on any atom is 0.328 e. The fourth-order valence-electron chi connectivity index (χ4n) is 2.64. The molecule has 0 unspecified atom stereocenters. The van der Waals surface area contributed by atoms with Crippen molar-refractivity contribution in [3.8, 4) is 0 Å². The van der Waals surface area contributed by atoms with Crippen molar-refractivity contribution in [3.63, 3.8) is 0 Å². The van der Waals surface area contributed by atoms with Gasteiger partial charge in [0.05, 0.1) is 7.11 Å². The van der Waals surface area contributed by atoms with Crippen LogP contribution in [0.5, 0.6) is 0 Å². The number of amides is 1. The molecule has 0 saturated carbocycles. The molecule has 0 bridgehead atoms. The molecule has 1 N–H and O–H groups in total. The van der Waals surface area contributed by atoms with Gasteiger partial charge in [-0.3, -0.25) is 4.79 Å². The van der Waals surface area contributed by atoms with Crippen LogP contribution < -0.4 is 5.32 Å². The van der Waals surface area contributed by atoms with E-state index in [1.807, 2.05) is 24.3 Å². The molecule has 0 aliphatic carbocycles. The van der Waals surface area contributed by atoms with Gasteiger partial charge < -0.3 is 10.1 Å². The topological polar surface area (TPSA) is 55.4 Å². The number of rotatable bonds is 5. The number of ether oxygens (including phenoxy) is 1. The number of halogens is 2. The van der Waals surface area contributed by atoms with Crippen molar-refractivity contribution in [2.45, 2.75) is 38.6 Å². The molecular weight excluding hydrogens is 352 g/mol. The first-order valence-electron chi connectivity index (χ1n) is 8.54. The van der Waals surface area contributed by atoms with Gasteiger partial charge >= 0.3 is 5.97 Å². The molecule has 27 heavy (non-hydrogen) atoms. The highest BCUT2D eigenvalue weighted by atomic mass is 19.1. The first-order valence-corrected chi connectivity index (χ1v) is 8.54. The Bertz CT molecular complexity index is 806. The zero-order valence-electron chi connectivity index (χ0n) is 15.8. The third kappa shape index (κ3) is 5.61. The first-order chi connectivity index (χ1) is 12.6. The van der Waals surface area contributed by atoms with Crippen LogP contribution in [-0.2, 0) is 21.4 Å². The molecule has 4 nitrogen and oxygen atoms in total. The SMILES string of the molecule is COC(=O)[C@H](Cc1ccc(C(C)(C)C)cc1)NC(=O)c1cc(F)cc(F)c1. The molecule has 0 fully saturated rings. The fraction of sp³-hybridized carbons (Fsp3) is 0.333. The molecule has 0 saturated heterocycles. The maximum atomic E-state index is 13.3. The Morgan fingerprint density at radius 1 is 1.04 bits per heavy atom. The van der Waals surface area contributed by atoms with Crippen LogP contribution in [0, 0.1) is 11.6 Å². The molecule has 0 aliphatic heterocycles. The lowest BCUT2D eigenvalue weighted by atomic mass is 9.86. The van der Waals surface area contributed by atoms with E-state index >= 15 is 0 Å². The summed E-state index contributed by atoms with van der Waals surface area (Å²) in [4.78, 5) is 24.4. The van der Waals surface area contributed by atoms with Crippen LogP contribution >= 0.6 is 0 Å². The average molecular weight is 375 g/mol. The lowest BCUT2D eigenvalue weighted by Crippen LogP contribution is -2.43. The summed E-state index contributed by atoms with van der Waals surface area (Å²) >= 11 is 0. The number of benzene rings is 2. The third-order valence-electron chi connectivity index (χ3n) is 4.18. The summed E-state index contributed by atoms with van der Waals surface area (Å²) in [5.74, 6) is -3.13. The number of carbonyl (C=O) groups is 2. The van der Waals surface area contributed by atoms with Gasteiger partial charge in [-0.05, 0) is 28.7 Å². The molecule has 0 aromatic heterocycles. The molecule has 2 aromatic carbocycles. The Hall–Kier alpha value is -2.76. The Kier molecular flexibility index (Phi) is 6.31. The van der Waals surface area contributed by atoms with E-state index in [1.54, 1.807) is 0 Å². The van der Waals surface area contributed by atoms with Crippen molar-refractivity contribution < 1.29 is 23.1 Å². The molecule has 6 heteroatoms. The molecule has 0 aliphatic rings. The van der Waals surface area contributed by atoms with Gasteiger partial charge in [-0.15, -0.1) is 0 Å². The first kappa shape index (κ1) is 20.6. The van der Waals surface area contributed by atoms with Crippen LogP contribution in [0.25, 0.3) is 0 Å². The summed E-state index contributed by atoms with van der Waals surface area (Å²) in [6.45, 7) is 6.28. The van der Waals surface area contributed by atoms with Crippen molar-refractivity contribution >= 4 is 11.9 Å². The molecule has 0 radical (unpaired) electrons. The highest BCUT2D eigenvalue weighted by Gasteiger charge is 2.23. The Morgan fingerprint density at radius 2 is 1.59 bits per heavy atom. The number of esters is 1. The van der Waals surface area contributed by atoms with E-state index in [0.717, 1.165) is 23.3 Å². The zero-order valence-corrected chi connectivity index (χ0v) is 15.8. The zero-order chi connectivity index (χ0) is 20.2. The van der Waals surface area contributed by atoms with Crippen LogP contribution in [0.2, 0.25) is 0 Å². The molecule has 2 aromatic rings. The van der Waals surface area contributed by atoms with Crippen LogP contribution in [0.15, 0.2) is 42.5 Å². The highest BCUT2D eigenvalue weighted by Crippen LogP contribution is 2.22. The van der Waals surface area contributed by atoms with Crippen molar-refractivity contribution in [1.82, 2.24) is 5.32 Å². The van der Waals surface area contributed by atoms with E-state index in [0.29, 0.717) is 6.07 Å². The maximum absolute atomic E-state index is 13.3. The second-order valence-corrected chi connectivity index (χ2v) is 7.36. The van der Waals surface area contributed by atoms with Crippen LogP contribution in [0.3, 0.4) is 0 Å². The van der Waals surface area contributed by atoms with Gasteiger partial charge in [0, 0.05) is 18.1 Å². The summed E-state index contributed by atoms with van der Waals surface area (Å²) in [5.41, 5.74) is 1.75. The van der Waals surface area contributed by atoms with E-state index in [2.05, 4.69) is 26.1 Å². The molecule has 2 rings (SSSR count). The molecule has 1 atom stereocenters. The van der Waals surface area contributed by atoms with E-state index in [1.165, 1.54) is 7.11 Å². The van der Waals surface area contributed by atoms with Crippen molar-refractivity contribution in [2.75, 3.05) is 7.11 Å². The van der Waals surface area contributed by atoms with Gasteiger partial charge in [0.2, 0.25) is 0 Å². The van der Waals surface area contributed by atoms with Crippen molar-refractivity contribution in [3.05, 3.63) is 70.8 Å². The lowest BCUT2D eigenvalue weighted by Gasteiger charge is -2.20. The molecule has 0 spiro atoms. The largest absolute Gasteiger partial charge is 0.467 e. The number of nitrogens with one attached hydrogen (secondary N) is 1. The van der Waals surface area contributed by atoms with Gasteiger partial charge in [-0.25, -0.2) is 13.6 Å². The monoisotopic (exact) mass is 375 g/mol. The van der Waals surface area contributed by atoms with Crippen LogP contribution in [0.4, 0.5) is 8.78 Å². The Morgan fingerprint density at radius 3 is 2.07 bits per heavy atom. The predicted molar refractivity (Wildman–Crippen MR) is 98.5 cm³/mol. The number of carbonyl (C=O) groups excluding carboxylic acids is 2. The number of hydrogen-bond acceptors (Lipinski definition) is 3. The second kappa shape index (κ2) is 8.29. The minimum atomic E-state index is -0.977. The van der Waals surface area contributed by atoms with Gasteiger partial charge in [-0.2, -0.15) is 0 Å². The minimum absolute atomic E-state index is 0.00402. The quantitative estimate of drug-likeness (QED) is 0.810. The van der Waals surface area contributed by atoms with Gasteiger partial charge in [0.15, 0.2) is 0 Å². The molecule has 144 valence electrons. The second-order valence-electron chi connectivity index (χ2n) is 7.36. The van der Waals surface area contributed by atoms with Crippen molar-refractivity contribution in [2.24, 2.45) is 0 Å². The standard InChI is InChI=1S/C21H23F2NO3/c1-21(2,3)15-7-5-13(6-8-15)9-18(20(26)27-4)24-19(25)14-10-16(22)12-17(23)11-14/h5-8,10-12,18H,9H2,1-4H3,(H,24,25)/t18-/m0/s1. The molecule has 0 heterocycles. The van der Waals surface area contributed by atoms with Gasteiger partial charge in [-0.1, -0.05) is 45.0 Å². The Balaban J connectivity index is 2.18. The van der Waals surface area contributed by atoms with E-state index in [9.17, 15) is 18.4 Å².